The molecule has 5 nitrogen and oxygen atoms in total. The number of aryl methyl sites for hydroxylation is 1. The van der Waals surface area contributed by atoms with Crippen LogP contribution < -0.4 is 15.8 Å². The number of carbonyl (C=O) groups is 1. The number of nitrogens with two attached hydrogens (primary N) is 1. The summed E-state index contributed by atoms with van der Waals surface area (Å²) in [6.07, 6.45) is 3.48. The SMILES string of the molecule is COc1cc(N)cc(C(=O)NCc2ccncc2C)c1. The van der Waals surface area contributed by atoms with Crippen LogP contribution in [0.5, 0.6) is 5.75 Å². The van der Waals surface area contributed by atoms with E-state index in [4.69, 9.17) is 10.5 Å². The second kappa shape index (κ2) is 6.06. The molecule has 0 fully saturated rings. The minimum Gasteiger partial charge on any atom is -0.497 e. The number of rotatable bonds is 4. The minimum atomic E-state index is -0.188. The molecule has 1 amide bonds. The van der Waals surface area contributed by atoms with Gasteiger partial charge in [-0.15, -0.1) is 0 Å². The van der Waals surface area contributed by atoms with Crippen molar-refractivity contribution in [2.24, 2.45) is 0 Å². The molecule has 1 aromatic heterocycles. The standard InChI is InChI=1S/C15H17N3O2/c1-10-8-17-4-3-11(10)9-18-15(19)12-5-13(16)7-14(6-12)20-2/h3-8H,9,16H2,1-2H3,(H,18,19). The van der Waals surface area contributed by atoms with E-state index in [1.165, 1.54) is 7.11 Å². The van der Waals surface area contributed by atoms with Gasteiger partial charge < -0.3 is 15.8 Å². The van der Waals surface area contributed by atoms with E-state index >= 15 is 0 Å². The Morgan fingerprint density at radius 2 is 2.20 bits per heavy atom. The fourth-order valence-electron chi connectivity index (χ4n) is 1.85. The van der Waals surface area contributed by atoms with E-state index in [2.05, 4.69) is 10.3 Å². The lowest BCUT2D eigenvalue weighted by Gasteiger charge is -2.09. The zero-order chi connectivity index (χ0) is 14.5. The number of hydrogen-bond donors (Lipinski definition) is 2. The lowest BCUT2D eigenvalue weighted by molar-refractivity contribution is 0.0950. The summed E-state index contributed by atoms with van der Waals surface area (Å²) in [6, 6.07) is 6.84. The molecule has 2 aromatic rings. The molecule has 0 spiro atoms. The van der Waals surface area contributed by atoms with Crippen molar-refractivity contribution in [3.63, 3.8) is 0 Å². The van der Waals surface area contributed by atoms with E-state index in [9.17, 15) is 4.79 Å². The van der Waals surface area contributed by atoms with Gasteiger partial charge in [-0.05, 0) is 36.2 Å². The van der Waals surface area contributed by atoms with Crippen LogP contribution in [0.15, 0.2) is 36.7 Å². The fraction of sp³-hybridized carbons (Fsp3) is 0.200. The summed E-state index contributed by atoms with van der Waals surface area (Å²) in [5.74, 6) is 0.377. The van der Waals surface area contributed by atoms with Gasteiger partial charge in [-0.3, -0.25) is 9.78 Å². The molecule has 0 bridgehead atoms. The van der Waals surface area contributed by atoms with Gasteiger partial charge in [0.2, 0.25) is 0 Å². The number of nitrogens with zero attached hydrogens (tertiary/aromatic N) is 1. The highest BCUT2D eigenvalue weighted by Crippen LogP contribution is 2.18. The predicted molar refractivity (Wildman–Crippen MR) is 77.6 cm³/mol. The zero-order valence-corrected chi connectivity index (χ0v) is 11.5. The summed E-state index contributed by atoms with van der Waals surface area (Å²) < 4.78 is 5.10. The molecule has 104 valence electrons. The van der Waals surface area contributed by atoms with E-state index < -0.39 is 0 Å². The number of methoxy groups -OCH3 is 1. The van der Waals surface area contributed by atoms with Gasteiger partial charge >= 0.3 is 0 Å². The molecule has 0 aliphatic heterocycles. The molecular weight excluding hydrogens is 254 g/mol. The maximum Gasteiger partial charge on any atom is 0.251 e. The first kappa shape index (κ1) is 13.9. The zero-order valence-electron chi connectivity index (χ0n) is 11.5. The minimum absolute atomic E-state index is 0.188. The van der Waals surface area contributed by atoms with Crippen LogP contribution in [0.3, 0.4) is 0 Å². The third kappa shape index (κ3) is 3.26. The number of hydrogen-bond acceptors (Lipinski definition) is 4. The van der Waals surface area contributed by atoms with Gasteiger partial charge in [0.1, 0.15) is 5.75 Å². The molecule has 5 heteroatoms. The topological polar surface area (TPSA) is 77.2 Å². The maximum atomic E-state index is 12.1. The highest BCUT2D eigenvalue weighted by atomic mass is 16.5. The lowest BCUT2D eigenvalue weighted by atomic mass is 10.1. The molecule has 3 N–H and O–H groups in total. The van der Waals surface area contributed by atoms with Crippen molar-refractivity contribution in [2.45, 2.75) is 13.5 Å². The van der Waals surface area contributed by atoms with Crippen LogP contribution in [0.4, 0.5) is 5.69 Å². The third-order valence-corrected chi connectivity index (χ3v) is 3.00. The van der Waals surface area contributed by atoms with Gasteiger partial charge in [0.25, 0.3) is 5.91 Å². The highest BCUT2D eigenvalue weighted by Gasteiger charge is 2.08. The monoisotopic (exact) mass is 271 g/mol. The van der Waals surface area contributed by atoms with Gasteiger partial charge in [0.05, 0.1) is 7.11 Å². The second-order valence-electron chi connectivity index (χ2n) is 4.48. The van der Waals surface area contributed by atoms with E-state index in [-0.39, 0.29) is 5.91 Å². The molecule has 0 aliphatic carbocycles. The molecule has 2 rings (SSSR count). The quantitative estimate of drug-likeness (QED) is 0.833. The fourth-order valence-corrected chi connectivity index (χ4v) is 1.85. The average molecular weight is 271 g/mol. The van der Waals surface area contributed by atoms with E-state index in [0.717, 1.165) is 11.1 Å². The Balaban J connectivity index is 2.09. The molecule has 0 saturated heterocycles. The van der Waals surface area contributed by atoms with Crippen LogP contribution >= 0.6 is 0 Å². The first-order valence-corrected chi connectivity index (χ1v) is 6.22. The van der Waals surface area contributed by atoms with Gasteiger partial charge in [0, 0.05) is 36.3 Å². The highest BCUT2D eigenvalue weighted by molar-refractivity contribution is 5.95. The van der Waals surface area contributed by atoms with Crippen LogP contribution in [0.1, 0.15) is 21.5 Å². The number of aromatic nitrogens is 1. The number of nitrogen functional groups attached to an aromatic ring is 1. The Morgan fingerprint density at radius 1 is 1.40 bits per heavy atom. The Labute approximate surface area is 117 Å². The van der Waals surface area contributed by atoms with Gasteiger partial charge in [0.15, 0.2) is 0 Å². The molecule has 0 saturated carbocycles. The van der Waals surface area contributed by atoms with Crippen molar-refractivity contribution in [3.8, 4) is 5.75 Å². The van der Waals surface area contributed by atoms with Crippen molar-refractivity contribution >= 4 is 11.6 Å². The van der Waals surface area contributed by atoms with Gasteiger partial charge in [-0.2, -0.15) is 0 Å². The third-order valence-electron chi connectivity index (χ3n) is 3.00. The molecule has 1 heterocycles. The van der Waals surface area contributed by atoms with Crippen LogP contribution in [-0.2, 0) is 6.54 Å². The van der Waals surface area contributed by atoms with Crippen molar-refractivity contribution in [1.82, 2.24) is 10.3 Å². The van der Waals surface area contributed by atoms with Crippen LogP contribution in [0, 0.1) is 6.92 Å². The Kier molecular flexibility index (Phi) is 4.20. The Hall–Kier alpha value is -2.56. The number of nitrogens with one attached hydrogen (secondary N) is 1. The summed E-state index contributed by atoms with van der Waals surface area (Å²) in [4.78, 5) is 16.1. The summed E-state index contributed by atoms with van der Waals surface area (Å²) in [7, 11) is 1.54. The summed E-state index contributed by atoms with van der Waals surface area (Å²) in [5.41, 5.74) is 8.78. The van der Waals surface area contributed by atoms with Crippen LogP contribution in [-0.4, -0.2) is 18.0 Å². The molecular formula is C15H17N3O2. The van der Waals surface area contributed by atoms with Crippen LogP contribution in [0.2, 0.25) is 0 Å². The maximum absolute atomic E-state index is 12.1. The molecule has 0 unspecified atom stereocenters. The largest absolute Gasteiger partial charge is 0.497 e. The van der Waals surface area contributed by atoms with Crippen LogP contribution in [0.25, 0.3) is 0 Å². The lowest BCUT2D eigenvalue weighted by Crippen LogP contribution is -2.23. The molecule has 0 radical (unpaired) electrons. The number of pyridine rings is 1. The van der Waals surface area contributed by atoms with E-state index in [0.29, 0.717) is 23.5 Å². The molecule has 20 heavy (non-hydrogen) atoms. The molecule has 0 aliphatic rings. The predicted octanol–water partition coefficient (Wildman–Crippen LogP) is 1.91. The van der Waals surface area contributed by atoms with E-state index in [1.807, 2.05) is 13.0 Å². The Bertz CT molecular complexity index is 626. The number of amides is 1. The van der Waals surface area contributed by atoms with Crippen molar-refractivity contribution in [1.29, 1.82) is 0 Å². The van der Waals surface area contributed by atoms with E-state index in [1.54, 1.807) is 30.6 Å². The summed E-state index contributed by atoms with van der Waals surface area (Å²) in [6.45, 7) is 2.41. The van der Waals surface area contributed by atoms with Gasteiger partial charge in [-0.25, -0.2) is 0 Å². The normalized spacial score (nSPS) is 10.1. The smallest absolute Gasteiger partial charge is 0.251 e. The molecule has 0 atom stereocenters. The van der Waals surface area contributed by atoms with Crippen molar-refractivity contribution < 1.29 is 9.53 Å². The average Bonchev–Trinajstić information content (AvgIpc) is 2.45. The Morgan fingerprint density at radius 3 is 2.90 bits per heavy atom. The number of anilines is 1. The first-order valence-electron chi connectivity index (χ1n) is 6.22. The summed E-state index contributed by atoms with van der Waals surface area (Å²) >= 11 is 0. The second-order valence-corrected chi connectivity index (χ2v) is 4.48. The first-order chi connectivity index (χ1) is 9.60. The number of ether oxygens (including phenoxy) is 1. The van der Waals surface area contributed by atoms with Crippen molar-refractivity contribution in [3.05, 3.63) is 53.3 Å². The van der Waals surface area contributed by atoms with Crippen molar-refractivity contribution in [2.75, 3.05) is 12.8 Å². The summed E-state index contributed by atoms with van der Waals surface area (Å²) in [5, 5.41) is 2.86. The molecule has 1 aromatic carbocycles. The number of benzene rings is 1. The number of carbonyl (C=O) groups excluding carboxylic acids is 1. The van der Waals surface area contributed by atoms with Gasteiger partial charge in [-0.1, -0.05) is 0 Å².